The molecule has 0 spiro atoms. The highest BCUT2D eigenvalue weighted by Crippen LogP contribution is 2.15. The van der Waals surface area contributed by atoms with Crippen LogP contribution in [0.3, 0.4) is 0 Å². The number of hydrogen-bond donors (Lipinski definition) is 1. The van der Waals surface area contributed by atoms with E-state index in [-0.39, 0.29) is 11.4 Å². The minimum absolute atomic E-state index is 0.00934. The number of ether oxygens (including phenoxy) is 1. The van der Waals surface area contributed by atoms with Crippen molar-refractivity contribution < 1.29 is 9.53 Å². The minimum Gasteiger partial charge on any atom is -0.390 e. The van der Waals surface area contributed by atoms with E-state index in [4.69, 9.17) is 5.73 Å². The number of carbonyl (C=O) groups excluding carboxylic acids is 1. The number of amides is 1. The second-order valence-corrected chi connectivity index (χ2v) is 3.53. The summed E-state index contributed by atoms with van der Waals surface area (Å²) >= 11 is 0. The molecule has 7 heteroatoms. The van der Waals surface area contributed by atoms with E-state index in [2.05, 4.69) is 14.7 Å². The maximum absolute atomic E-state index is 11.5. The quantitative estimate of drug-likeness (QED) is 0.821. The lowest BCUT2D eigenvalue weighted by molar-refractivity contribution is 0.209. The molecule has 0 unspecified atom stereocenters. The summed E-state index contributed by atoms with van der Waals surface area (Å²) in [5, 5.41) is 0. The first kappa shape index (κ1) is 11.8. The Bertz CT molecular complexity index is 633. The lowest BCUT2D eigenvalue weighted by Gasteiger charge is -2.03. The number of pyridine rings is 1. The van der Waals surface area contributed by atoms with E-state index in [1.165, 1.54) is 23.0 Å². The van der Waals surface area contributed by atoms with E-state index in [0.717, 1.165) is 0 Å². The van der Waals surface area contributed by atoms with E-state index in [1.807, 2.05) is 0 Å². The predicted molar refractivity (Wildman–Crippen MR) is 62.9 cm³/mol. The van der Waals surface area contributed by atoms with Gasteiger partial charge in [0.25, 0.3) is 5.56 Å². The van der Waals surface area contributed by atoms with Gasteiger partial charge in [0, 0.05) is 24.9 Å². The summed E-state index contributed by atoms with van der Waals surface area (Å²) < 4.78 is 5.99. The summed E-state index contributed by atoms with van der Waals surface area (Å²) in [6, 6.07) is 3.18. The van der Waals surface area contributed by atoms with E-state index >= 15 is 0 Å². The number of aromatic nitrogens is 3. The smallest absolute Gasteiger partial charge is 0.390 e. The Morgan fingerprint density at radius 1 is 1.39 bits per heavy atom. The summed E-state index contributed by atoms with van der Waals surface area (Å²) in [7, 11) is 1.65. The first-order valence-corrected chi connectivity index (χ1v) is 5.02. The Hall–Kier alpha value is -2.70. The van der Waals surface area contributed by atoms with Crippen LogP contribution in [-0.4, -0.2) is 20.6 Å². The fraction of sp³-hybridized carbons (Fsp3) is 0.0909. The van der Waals surface area contributed by atoms with Crippen LogP contribution in [-0.2, 0) is 7.05 Å². The third-order valence-electron chi connectivity index (χ3n) is 2.23. The highest BCUT2D eigenvalue weighted by Gasteiger charge is 2.04. The van der Waals surface area contributed by atoms with E-state index < -0.39 is 6.09 Å². The molecule has 1 amide bonds. The van der Waals surface area contributed by atoms with Crippen molar-refractivity contribution in [1.82, 2.24) is 14.5 Å². The van der Waals surface area contributed by atoms with Crippen molar-refractivity contribution in [3.63, 3.8) is 0 Å². The summed E-state index contributed by atoms with van der Waals surface area (Å²) in [6.45, 7) is 0. The van der Waals surface area contributed by atoms with Gasteiger partial charge in [-0.1, -0.05) is 0 Å². The third kappa shape index (κ3) is 2.51. The highest BCUT2D eigenvalue weighted by molar-refractivity contribution is 5.67. The van der Waals surface area contributed by atoms with Crippen LogP contribution in [0.1, 0.15) is 0 Å². The second-order valence-electron chi connectivity index (χ2n) is 3.53. The van der Waals surface area contributed by atoms with Crippen LogP contribution in [0, 0.1) is 0 Å². The van der Waals surface area contributed by atoms with Gasteiger partial charge in [0.1, 0.15) is 0 Å². The molecular weight excluding hydrogens is 236 g/mol. The third-order valence-corrected chi connectivity index (χ3v) is 2.23. The Kier molecular flexibility index (Phi) is 3.05. The topological polar surface area (TPSA) is 100 Å². The molecule has 92 valence electrons. The largest absolute Gasteiger partial charge is 0.411 e. The van der Waals surface area contributed by atoms with Crippen LogP contribution in [0.2, 0.25) is 0 Å². The molecule has 2 N–H and O–H groups in total. The van der Waals surface area contributed by atoms with Gasteiger partial charge in [-0.25, -0.2) is 14.8 Å². The van der Waals surface area contributed by atoms with Gasteiger partial charge >= 0.3 is 6.09 Å². The van der Waals surface area contributed by atoms with E-state index in [1.54, 1.807) is 19.3 Å². The molecule has 2 heterocycles. The van der Waals surface area contributed by atoms with Crippen LogP contribution >= 0.6 is 0 Å². The van der Waals surface area contributed by atoms with Crippen molar-refractivity contribution >= 4 is 6.09 Å². The molecule has 0 aliphatic carbocycles. The van der Waals surface area contributed by atoms with Crippen LogP contribution in [0.25, 0.3) is 11.3 Å². The lowest BCUT2D eigenvalue weighted by atomic mass is 10.2. The Labute approximate surface area is 102 Å². The molecular formula is C11H10N4O3. The summed E-state index contributed by atoms with van der Waals surface area (Å²) in [5.41, 5.74) is 5.83. The van der Waals surface area contributed by atoms with Gasteiger partial charge in [-0.3, -0.25) is 4.79 Å². The fourth-order valence-corrected chi connectivity index (χ4v) is 1.33. The maximum Gasteiger partial charge on any atom is 0.411 e. The number of primary amides is 1. The van der Waals surface area contributed by atoms with Crippen LogP contribution in [0.15, 0.2) is 35.5 Å². The maximum atomic E-state index is 11.5. The van der Waals surface area contributed by atoms with E-state index in [0.29, 0.717) is 11.3 Å². The molecule has 0 aliphatic heterocycles. The fourth-order valence-electron chi connectivity index (χ4n) is 1.33. The molecule has 0 atom stereocenters. The average Bonchev–Trinajstić information content (AvgIpc) is 2.33. The van der Waals surface area contributed by atoms with Crippen LogP contribution in [0.5, 0.6) is 5.88 Å². The van der Waals surface area contributed by atoms with Crippen molar-refractivity contribution in [3.05, 3.63) is 41.1 Å². The SMILES string of the molecule is Cn1ccc(-c2cnc(OC(N)=O)cn2)cc1=O. The second kappa shape index (κ2) is 4.66. The summed E-state index contributed by atoms with van der Waals surface area (Å²) in [4.78, 5) is 29.8. The minimum atomic E-state index is -0.953. The molecule has 2 aromatic rings. The molecule has 0 aromatic carbocycles. The van der Waals surface area contributed by atoms with Crippen LogP contribution < -0.4 is 16.0 Å². The molecule has 0 saturated heterocycles. The van der Waals surface area contributed by atoms with Gasteiger partial charge in [-0.2, -0.15) is 0 Å². The number of nitrogens with two attached hydrogens (primary N) is 1. The summed E-state index contributed by atoms with van der Waals surface area (Å²) in [6.07, 6.45) is 3.34. The first-order chi connectivity index (χ1) is 8.56. The molecule has 7 nitrogen and oxygen atoms in total. The number of aryl methyl sites for hydroxylation is 1. The van der Waals surface area contributed by atoms with Crippen molar-refractivity contribution in [1.29, 1.82) is 0 Å². The Morgan fingerprint density at radius 2 is 2.17 bits per heavy atom. The molecule has 0 saturated carbocycles. The molecule has 2 rings (SSSR count). The van der Waals surface area contributed by atoms with Gasteiger partial charge in [-0.05, 0) is 6.07 Å². The first-order valence-electron chi connectivity index (χ1n) is 5.02. The van der Waals surface area contributed by atoms with Gasteiger partial charge < -0.3 is 15.0 Å². The normalized spacial score (nSPS) is 10.1. The van der Waals surface area contributed by atoms with Crippen molar-refractivity contribution in [2.75, 3.05) is 0 Å². The van der Waals surface area contributed by atoms with E-state index in [9.17, 15) is 9.59 Å². The van der Waals surface area contributed by atoms with Crippen LogP contribution in [0.4, 0.5) is 4.79 Å². The Morgan fingerprint density at radius 3 is 2.72 bits per heavy atom. The number of carbonyl (C=O) groups is 1. The van der Waals surface area contributed by atoms with Gasteiger partial charge in [-0.15, -0.1) is 0 Å². The lowest BCUT2D eigenvalue weighted by Crippen LogP contribution is -2.17. The standard InChI is InChI=1S/C11H10N4O3/c1-15-3-2-7(4-10(15)16)8-5-14-9(6-13-8)18-11(12)17/h2-6H,1H3,(H2,12,17). The number of rotatable bonds is 2. The molecule has 0 bridgehead atoms. The number of hydrogen-bond acceptors (Lipinski definition) is 5. The van der Waals surface area contributed by atoms with Gasteiger partial charge in [0.2, 0.25) is 5.88 Å². The molecule has 0 aliphatic rings. The molecule has 2 aromatic heterocycles. The summed E-state index contributed by atoms with van der Waals surface area (Å²) in [5.74, 6) is 0.00934. The zero-order valence-electron chi connectivity index (χ0n) is 9.53. The van der Waals surface area contributed by atoms with Gasteiger partial charge in [0.05, 0.1) is 18.1 Å². The highest BCUT2D eigenvalue weighted by atomic mass is 16.6. The Balaban J connectivity index is 2.31. The zero-order valence-corrected chi connectivity index (χ0v) is 9.53. The molecule has 0 radical (unpaired) electrons. The van der Waals surface area contributed by atoms with Crippen molar-refractivity contribution in [2.45, 2.75) is 0 Å². The van der Waals surface area contributed by atoms with Crippen molar-refractivity contribution in [3.8, 4) is 17.1 Å². The van der Waals surface area contributed by atoms with Crippen molar-refractivity contribution in [2.24, 2.45) is 12.8 Å². The van der Waals surface area contributed by atoms with Gasteiger partial charge in [0.15, 0.2) is 0 Å². The molecule has 0 fully saturated rings. The molecule has 18 heavy (non-hydrogen) atoms. The monoisotopic (exact) mass is 246 g/mol. The predicted octanol–water partition coefficient (Wildman–Crippen LogP) is 0.300. The number of nitrogens with zero attached hydrogens (tertiary/aromatic N) is 3. The zero-order chi connectivity index (χ0) is 13.1. The average molecular weight is 246 g/mol.